The molecule has 6 heteroatoms. The van der Waals surface area contributed by atoms with Crippen LogP contribution < -0.4 is 11.5 Å². The lowest BCUT2D eigenvalue weighted by Gasteiger charge is -2.06. The Labute approximate surface area is 109 Å². The van der Waals surface area contributed by atoms with E-state index in [2.05, 4.69) is 32.1 Å². The summed E-state index contributed by atoms with van der Waals surface area (Å²) in [6.45, 7) is 2.04. The minimum Gasteiger partial charge on any atom is -0.383 e. The van der Waals surface area contributed by atoms with Gasteiger partial charge in [-0.2, -0.15) is 4.98 Å². The second-order valence-corrected chi connectivity index (χ2v) is 4.53. The number of nitrogen functional groups attached to an aromatic ring is 2. The van der Waals surface area contributed by atoms with Crippen LogP contribution in [0.4, 0.5) is 11.8 Å². The van der Waals surface area contributed by atoms with Crippen LogP contribution in [0.15, 0.2) is 24.7 Å². The maximum atomic E-state index is 5.85. The van der Waals surface area contributed by atoms with E-state index in [1.165, 1.54) is 0 Å². The van der Waals surface area contributed by atoms with E-state index in [1.54, 1.807) is 12.5 Å². The molecule has 0 radical (unpaired) electrons. The van der Waals surface area contributed by atoms with Crippen molar-refractivity contribution in [2.24, 2.45) is 0 Å². The van der Waals surface area contributed by atoms with E-state index in [0.717, 1.165) is 27.7 Å². The molecule has 2 heterocycles. The van der Waals surface area contributed by atoms with E-state index in [1.807, 2.05) is 6.92 Å². The summed E-state index contributed by atoms with van der Waals surface area (Å²) in [4.78, 5) is 15.3. The lowest BCUT2D eigenvalue weighted by Crippen LogP contribution is -2.04. The molecular formula is C13H14N6. The molecule has 0 saturated carbocycles. The SMILES string of the molecule is Cc1cc(Cc2cnc(N)nc2N)cc2[nH]cnc12. The second kappa shape index (κ2) is 4.24. The molecule has 0 aliphatic heterocycles. The molecule has 19 heavy (non-hydrogen) atoms. The summed E-state index contributed by atoms with van der Waals surface area (Å²) < 4.78 is 0. The molecule has 2 aromatic heterocycles. The van der Waals surface area contributed by atoms with Crippen molar-refractivity contribution in [2.75, 3.05) is 11.5 Å². The summed E-state index contributed by atoms with van der Waals surface area (Å²) in [5, 5.41) is 0. The Hall–Kier alpha value is -2.63. The van der Waals surface area contributed by atoms with Gasteiger partial charge in [0.2, 0.25) is 5.95 Å². The Morgan fingerprint density at radius 1 is 1.21 bits per heavy atom. The molecule has 0 fully saturated rings. The molecule has 0 amide bonds. The zero-order valence-electron chi connectivity index (χ0n) is 10.5. The molecule has 0 spiro atoms. The maximum Gasteiger partial charge on any atom is 0.221 e. The first-order chi connectivity index (χ1) is 9.13. The molecule has 3 aromatic rings. The van der Waals surface area contributed by atoms with Gasteiger partial charge in [0, 0.05) is 18.2 Å². The molecule has 3 rings (SSSR count). The molecule has 0 unspecified atom stereocenters. The lowest BCUT2D eigenvalue weighted by molar-refractivity contribution is 1.09. The fraction of sp³-hybridized carbons (Fsp3) is 0.154. The predicted octanol–water partition coefficient (Wildman–Crippen LogP) is 1.42. The number of aryl methyl sites for hydroxylation is 1. The van der Waals surface area contributed by atoms with Gasteiger partial charge in [0.15, 0.2) is 0 Å². The molecular weight excluding hydrogens is 240 g/mol. The number of rotatable bonds is 2. The van der Waals surface area contributed by atoms with E-state index < -0.39 is 0 Å². The van der Waals surface area contributed by atoms with Gasteiger partial charge in [0.1, 0.15) is 5.82 Å². The quantitative estimate of drug-likeness (QED) is 0.641. The van der Waals surface area contributed by atoms with Crippen molar-refractivity contribution in [3.8, 4) is 0 Å². The highest BCUT2D eigenvalue weighted by molar-refractivity contribution is 5.79. The monoisotopic (exact) mass is 254 g/mol. The minimum absolute atomic E-state index is 0.196. The Kier molecular flexibility index (Phi) is 2.56. The van der Waals surface area contributed by atoms with Crippen molar-refractivity contribution in [1.29, 1.82) is 0 Å². The highest BCUT2D eigenvalue weighted by Gasteiger charge is 2.07. The number of H-pyrrole nitrogens is 1. The fourth-order valence-electron chi connectivity index (χ4n) is 2.19. The first-order valence-corrected chi connectivity index (χ1v) is 5.93. The number of aromatic amines is 1. The van der Waals surface area contributed by atoms with Crippen LogP contribution in [0.1, 0.15) is 16.7 Å². The topological polar surface area (TPSA) is 106 Å². The van der Waals surface area contributed by atoms with Gasteiger partial charge in [0.25, 0.3) is 0 Å². The first kappa shape index (κ1) is 11.5. The zero-order chi connectivity index (χ0) is 13.4. The average molecular weight is 254 g/mol. The van der Waals surface area contributed by atoms with Gasteiger partial charge in [-0.3, -0.25) is 0 Å². The maximum absolute atomic E-state index is 5.85. The molecule has 0 aliphatic rings. The third-order valence-electron chi connectivity index (χ3n) is 3.09. The number of imidazole rings is 1. The molecule has 1 aromatic carbocycles. The summed E-state index contributed by atoms with van der Waals surface area (Å²) in [5.41, 5.74) is 16.5. The van der Waals surface area contributed by atoms with Crippen molar-refractivity contribution in [2.45, 2.75) is 13.3 Å². The predicted molar refractivity (Wildman–Crippen MR) is 74.5 cm³/mol. The van der Waals surface area contributed by atoms with Crippen LogP contribution in [0.3, 0.4) is 0 Å². The normalized spacial score (nSPS) is 11.0. The van der Waals surface area contributed by atoms with Crippen LogP contribution in [-0.4, -0.2) is 19.9 Å². The largest absolute Gasteiger partial charge is 0.383 e. The number of benzene rings is 1. The van der Waals surface area contributed by atoms with E-state index in [4.69, 9.17) is 11.5 Å². The van der Waals surface area contributed by atoms with Gasteiger partial charge < -0.3 is 16.5 Å². The minimum atomic E-state index is 0.196. The smallest absolute Gasteiger partial charge is 0.221 e. The standard InChI is InChI=1S/C13H14N6/c1-7-2-8(4-10-11(7)18-6-17-10)3-9-5-16-13(15)19-12(9)14/h2,4-6H,3H2,1H3,(H,17,18)(H4,14,15,16,19). The summed E-state index contributed by atoms with van der Waals surface area (Å²) in [6.07, 6.45) is 4.04. The fourth-order valence-corrected chi connectivity index (χ4v) is 2.19. The number of fused-ring (bicyclic) bond motifs is 1. The summed E-state index contributed by atoms with van der Waals surface area (Å²) in [5.74, 6) is 0.622. The van der Waals surface area contributed by atoms with Crippen molar-refractivity contribution in [1.82, 2.24) is 19.9 Å². The Morgan fingerprint density at radius 2 is 2.05 bits per heavy atom. The third kappa shape index (κ3) is 2.08. The van der Waals surface area contributed by atoms with Crippen molar-refractivity contribution >= 4 is 22.8 Å². The Morgan fingerprint density at radius 3 is 2.84 bits per heavy atom. The van der Waals surface area contributed by atoms with Gasteiger partial charge in [-0.25, -0.2) is 9.97 Å². The molecule has 0 saturated heterocycles. The van der Waals surface area contributed by atoms with Crippen molar-refractivity contribution < 1.29 is 0 Å². The zero-order valence-corrected chi connectivity index (χ0v) is 10.5. The molecule has 0 aliphatic carbocycles. The number of hydrogen-bond acceptors (Lipinski definition) is 5. The van der Waals surface area contributed by atoms with Crippen molar-refractivity contribution in [3.05, 3.63) is 41.3 Å². The van der Waals surface area contributed by atoms with Gasteiger partial charge in [-0.15, -0.1) is 0 Å². The number of nitrogens with one attached hydrogen (secondary N) is 1. The lowest BCUT2D eigenvalue weighted by atomic mass is 10.0. The summed E-state index contributed by atoms with van der Waals surface area (Å²) >= 11 is 0. The van der Waals surface area contributed by atoms with E-state index in [0.29, 0.717) is 12.2 Å². The number of hydrogen-bond donors (Lipinski definition) is 3. The Bertz CT molecular complexity index is 746. The molecule has 0 atom stereocenters. The van der Waals surface area contributed by atoms with Gasteiger partial charge in [0.05, 0.1) is 17.4 Å². The number of nitrogens with zero attached hydrogens (tertiary/aromatic N) is 3. The van der Waals surface area contributed by atoms with Crippen LogP contribution >= 0.6 is 0 Å². The van der Waals surface area contributed by atoms with Crippen LogP contribution in [0, 0.1) is 6.92 Å². The first-order valence-electron chi connectivity index (χ1n) is 5.93. The summed E-state index contributed by atoms with van der Waals surface area (Å²) in [6, 6.07) is 4.16. The van der Waals surface area contributed by atoms with Gasteiger partial charge in [-0.1, -0.05) is 6.07 Å². The highest BCUT2D eigenvalue weighted by atomic mass is 15.0. The van der Waals surface area contributed by atoms with Crippen LogP contribution in [0.5, 0.6) is 0 Å². The second-order valence-electron chi connectivity index (χ2n) is 4.53. The van der Waals surface area contributed by atoms with Crippen LogP contribution in [0.2, 0.25) is 0 Å². The van der Waals surface area contributed by atoms with Crippen molar-refractivity contribution in [3.63, 3.8) is 0 Å². The molecule has 96 valence electrons. The van der Waals surface area contributed by atoms with Gasteiger partial charge in [-0.05, 0) is 24.1 Å². The Balaban J connectivity index is 2.00. The van der Waals surface area contributed by atoms with E-state index in [9.17, 15) is 0 Å². The average Bonchev–Trinajstić information content (AvgIpc) is 2.81. The number of aromatic nitrogens is 4. The van der Waals surface area contributed by atoms with E-state index >= 15 is 0 Å². The molecule has 6 nitrogen and oxygen atoms in total. The van der Waals surface area contributed by atoms with E-state index in [-0.39, 0.29) is 5.95 Å². The highest BCUT2D eigenvalue weighted by Crippen LogP contribution is 2.20. The molecule has 5 N–H and O–H groups in total. The van der Waals surface area contributed by atoms with Crippen LogP contribution in [0.25, 0.3) is 11.0 Å². The van der Waals surface area contributed by atoms with Gasteiger partial charge >= 0.3 is 0 Å². The van der Waals surface area contributed by atoms with Crippen LogP contribution in [-0.2, 0) is 6.42 Å². The number of anilines is 2. The molecule has 0 bridgehead atoms. The summed E-state index contributed by atoms with van der Waals surface area (Å²) in [7, 11) is 0. The third-order valence-corrected chi connectivity index (χ3v) is 3.09. The number of nitrogens with two attached hydrogens (primary N) is 2.